The third-order valence-corrected chi connectivity index (χ3v) is 4.68. The Kier molecular flexibility index (Phi) is 4.98. The molecule has 1 aromatic carbocycles. The number of carbonyl (C=O) groups is 1. The molecule has 0 aliphatic heterocycles. The second kappa shape index (κ2) is 7.33. The van der Waals surface area contributed by atoms with Crippen LogP contribution in [0, 0.1) is 0 Å². The average molecular weight is 342 g/mol. The lowest BCUT2D eigenvalue weighted by Gasteiger charge is -2.25. The van der Waals surface area contributed by atoms with Crippen molar-refractivity contribution in [3.8, 4) is 0 Å². The van der Waals surface area contributed by atoms with E-state index in [4.69, 9.17) is 4.42 Å². The summed E-state index contributed by atoms with van der Waals surface area (Å²) < 4.78 is 5.37. The molecule has 124 valence electrons. The molecule has 0 bridgehead atoms. The number of benzene rings is 1. The maximum atomic E-state index is 12.0. The van der Waals surface area contributed by atoms with Gasteiger partial charge in [-0.05, 0) is 29.1 Å². The number of urea groups is 1. The second-order valence-corrected chi connectivity index (χ2v) is 6.28. The Morgan fingerprint density at radius 1 is 1.08 bits per heavy atom. The van der Waals surface area contributed by atoms with E-state index in [1.807, 2.05) is 47.8 Å². The number of carbonyl (C=O) groups excluding carboxylic acids is 1. The quantitative estimate of drug-likeness (QED) is 0.644. The monoisotopic (exact) mass is 342 g/mol. The first kappa shape index (κ1) is 16.3. The van der Waals surface area contributed by atoms with Crippen molar-refractivity contribution >= 4 is 17.4 Å². The minimum Gasteiger partial charge on any atom is -0.466 e. The minimum absolute atomic E-state index is 0.0155. The first-order valence-electron chi connectivity index (χ1n) is 7.54. The highest BCUT2D eigenvalue weighted by Gasteiger charge is 2.36. The van der Waals surface area contributed by atoms with Gasteiger partial charge in [-0.3, -0.25) is 0 Å². The molecule has 0 radical (unpaired) electrons. The Bertz CT molecular complexity index is 721. The van der Waals surface area contributed by atoms with Crippen LogP contribution in [0.3, 0.4) is 0 Å². The molecule has 0 unspecified atom stereocenters. The molecule has 24 heavy (non-hydrogen) atoms. The maximum Gasteiger partial charge on any atom is 0.315 e. The highest BCUT2D eigenvalue weighted by molar-refractivity contribution is 7.10. The molecule has 2 heterocycles. The van der Waals surface area contributed by atoms with Crippen molar-refractivity contribution in [1.29, 1.82) is 0 Å². The fourth-order valence-electron chi connectivity index (χ4n) is 2.37. The van der Waals surface area contributed by atoms with Crippen LogP contribution in [0.1, 0.15) is 16.2 Å². The minimum atomic E-state index is -1.39. The van der Waals surface area contributed by atoms with Gasteiger partial charge in [-0.1, -0.05) is 36.4 Å². The molecule has 2 aromatic heterocycles. The van der Waals surface area contributed by atoms with Crippen LogP contribution in [0.15, 0.2) is 70.7 Å². The van der Waals surface area contributed by atoms with Gasteiger partial charge in [-0.25, -0.2) is 4.79 Å². The molecule has 0 aliphatic carbocycles. The largest absolute Gasteiger partial charge is 0.466 e. The van der Waals surface area contributed by atoms with Crippen molar-refractivity contribution in [1.82, 2.24) is 10.6 Å². The van der Waals surface area contributed by atoms with Gasteiger partial charge in [0, 0.05) is 11.4 Å². The number of rotatable bonds is 6. The lowest BCUT2D eigenvalue weighted by atomic mass is 9.99. The lowest BCUT2D eigenvalue weighted by molar-refractivity contribution is 0.0623. The molecule has 3 N–H and O–H groups in total. The molecule has 0 aliphatic rings. The summed E-state index contributed by atoms with van der Waals surface area (Å²) >= 11 is 1.41. The van der Waals surface area contributed by atoms with E-state index < -0.39 is 5.60 Å². The Morgan fingerprint density at radius 2 is 1.92 bits per heavy atom. The molecule has 1 atom stereocenters. The van der Waals surface area contributed by atoms with E-state index in [-0.39, 0.29) is 12.6 Å². The van der Waals surface area contributed by atoms with Crippen molar-refractivity contribution < 1.29 is 14.3 Å². The van der Waals surface area contributed by atoms with E-state index >= 15 is 0 Å². The van der Waals surface area contributed by atoms with Crippen LogP contribution in [0.2, 0.25) is 0 Å². The molecule has 0 saturated heterocycles. The smallest absolute Gasteiger partial charge is 0.315 e. The van der Waals surface area contributed by atoms with Crippen molar-refractivity contribution in [2.75, 3.05) is 6.54 Å². The Balaban J connectivity index is 1.63. The van der Waals surface area contributed by atoms with Crippen LogP contribution < -0.4 is 10.6 Å². The molecule has 2 amide bonds. The molecule has 5 nitrogen and oxygen atoms in total. The van der Waals surface area contributed by atoms with E-state index in [0.717, 1.165) is 5.56 Å². The zero-order chi connectivity index (χ0) is 16.8. The van der Waals surface area contributed by atoms with Crippen LogP contribution in [0.25, 0.3) is 0 Å². The highest BCUT2D eigenvalue weighted by atomic mass is 32.1. The molecular formula is C18H18N2O3S. The zero-order valence-electron chi connectivity index (χ0n) is 12.9. The van der Waals surface area contributed by atoms with Crippen LogP contribution in [-0.4, -0.2) is 17.7 Å². The number of nitrogens with one attached hydrogen (secondary N) is 2. The first-order chi connectivity index (χ1) is 11.7. The van der Waals surface area contributed by atoms with Crippen LogP contribution in [-0.2, 0) is 12.1 Å². The van der Waals surface area contributed by atoms with E-state index in [0.29, 0.717) is 17.2 Å². The fourth-order valence-corrected chi connectivity index (χ4v) is 3.20. The van der Waals surface area contributed by atoms with Gasteiger partial charge < -0.3 is 20.2 Å². The third-order valence-electron chi connectivity index (χ3n) is 3.66. The molecule has 3 rings (SSSR count). The van der Waals surface area contributed by atoms with E-state index in [1.54, 1.807) is 12.1 Å². The van der Waals surface area contributed by atoms with Crippen molar-refractivity contribution in [2.45, 2.75) is 12.1 Å². The molecule has 3 aromatic rings. The van der Waals surface area contributed by atoms with Crippen molar-refractivity contribution in [3.05, 3.63) is 82.4 Å². The lowest BCUT2D eigenvalue weighted by Crippen LogP contribution is -2.44. The molecule has 0 fully saturated rings. The number of amides is 2. The van der Waals surface area contributed by atoms with Gasteiger partial charge >= 0.3 is 6.03 Å². The highest BCUT2D eigenvalue weighted by Crippen LogP contribution is 2.32. The summed E-state index contributed by atoms with van der Waals surface area (Å²) in [6.07, 6.45) is 1.50. The van der Waals surface area contributed by atoms with Gasteiger partial charge in [0.2, 0.25) is 0 Å². The first-order valence-corrected chi connectivity index (χ1v) is 8.42. The van der Waals surface area contributed by atoms with Crippen LogP contribution >= 0.6 is 11.3 Å². The predicted octanol–water partition coefficient (Wildman–Crippen LogP) is 3.08. The normalized spacial score (nSPS) is 13.2. The summed E-state index contributed by atoms with van der Waals surface area (Å²) in [4.78, 5) is 12.8. The number of hydrogen-bond acceptors (Lipinski definition) is 4. The molecule has 6 heteroatoms. The summed E-state index contributed by atoms with van der Waals surface area (Å²) in [6.45, 7) is 0.437. The topological polar surface area (TPSA) is 74.5 Å². The summed E-state index contributed by atoms with van der Waals surface area (Å²) in [5, 5.41) is 18.4. The third kappa shape index (κ3) is 3.67. The number of thiophene rings is 1. The predicted molar refractivity (Wildman–Crippen MR) is 92.7 cm³/mol. The standard InChI is InChI=1S/C18H18N2O3S/c21-17(19-12-14-6-2-1-3-7-14)20-13-18(22,15-8-4-10-23-15)16-9-5-11-24-16/h1-11,22H,12-13H2,(H2,19,20,21)/t18-/m1/s1. The van der Waals surface area contributed by atoms with Gasteiger partial charge in [0.1, 0.15) is 5.76 Å². The average Bonchev–Trinajstić information content (AvgIpc) is 3.32. The van der Waals surface area contributed by atoms with Gasteiger partial charge in [0.05, 0.1) is 12.8 Å². The van der Waals surface area contributed by atoms with Gasteiger partial charge in [-0.2, -0.15) is 0 Å². The van der Waals surface area contributed by atoms with Crippen molar-refractivity contribution in [2.24, 2.45) is 0 Å². The van der Waals surface area contributed by atoms with E-state index in [9.17, 15) is 9.90 Å². The zero-order valence-corrected chi connectivity index (χ0v) is 13.8. The Labute approximate surface area is 143 Å². The number of aliphatic hydroxyl groups is 1. The summed E-state index contributed by atoms with van der Waals surface area (Å²) in [7, 11) is 0. The second-order valence-electron chi connectivity index (χ2n) is 5.34. The molecule has 0 spiro atoms. The van der Waals surface area contributed by atoms with Crippen molar-refractivity contribution in [3.63, 3.8) is 0 Å². The SMILES string of the molecule is O=C(NCc1ccccc1)NC[C@@](O)(c1ccco1)c1cccs1. The van der Waals surface area contributed by atoms with Gasteiger partial charge in [0.25, 0.3) is 0 Å². The van der Waals surface area contributed by atoms with Gasteiger partial charge in [-0.15, -0.1) is 11.3 Å². The maximum absolute atomic E-state index is 12.0. The van der Waals surface area contributed by atoms with Crippen LogP contribution in [0.4, 0.5) is 4.79 Å². The van der Waals surface area contributed by atoms with Crippen LogP contribution in [0.5, 0.6) is 0 Å². The summed E-state index contributed by atoms with van der Waals surface area (Å²) in [5.74, 6) is 0.397. The Morgan fingerprint density at radius 3 is 2.58 bits per heavy atom. The summed E-state index contributed by atoms with van der Waals surface area (Å²) in [6, 6.07) is 16.4. The Hall–Kier alpha value is -2.57. The van der Waals surface area contributed by atoms with E-state index in [1.165, 1.54) is 17.6 Å². The fraction of sp³-hybridized carbons (Fsp3) is 0.167. The van der Waals surface area contributed by atoms with E-state index in [2.05, 4.69) is 10.6 Å². The number of furan rings is 1. The number of hydrogen-bond donors (Lipinski definition) is 3. The summed E-state index contributed by atoms with van der Waals surface area (Å²) in [5.41, 5.74) is -0.380. The van der Waals surface area contributed by atoms with Gasteiger partial charge in [0.15, 0.2) is 5.60 Å². The molecular weight excluding hydrogens is 324 g/mol. The molecule has 0 saturated carbocycles.